The molecule has 4 aromatic rings. The third kappa shape index (κ3) is 4.17. The zero-order valence-corrected chi connectivity index (χ0v) is 19.7. The minimum absolute atomic E-state index is 0.0268. The van der Waals surface area contributed by atoms with Crippen LogP contribution in [0.4, 0.5) is 18.9 Å². The normalized spacial score (nSPS) is 14.1. The lowest BCUT2D eigenvalue weighted by Crippen LogP contribution is -2.16. The van der Waals surface area contributed by atoms with Crippen molar-refractivity contribution in [2.24, 2.45) is 0 Å². The van der Waals surface area contributed by atoms with Gasteiger partial charge in [-0.05, 0) is 56.4 Å². The first-order valence-corrected chi connectivity index (χ1v) is 12.4. The predicted octanol–water partition coefficient (Wildman–Crippen LogP) is 5.93. The summed E-state index contributed by atoms with van der Waals surface area (Å²) in [7, 11) is 0. The highest BCUT2D eigenvalue weighted by atomic mass is 35.5. The molecule has 0 fully saturated rings. The molecule has 3 heterocycles. The number of nitrogens with zero attached hydrogens (tertiary/aromatic N) is 4. The van der Waals surface area contributed by atoms with E-state index in [4.69, 9.17) is 16.6 Å². The van der Waals surface area contributed by atoms with E-state index in [0.29, 0.717) is 11.0 Å². The lowest BCUT2D eigenvalue weighted by atomic mass is 9.97. The largest absolute Gasteiger partial charge is 0.416 e. The molecular formula is C21H17ClF3N5OS2. The van der Waals surface area contributed by atoms with Gasteiger partial charge in [-0.3, -0.25) is 9.20 Å². The fraction of sp³-hybridized carbons (Fsp3) is 0.333. The molecule has 0 radical (unpaired) electrons. The molecular weight excluding hydrogens is 495 g/mol. The number of aromatic nitrogens is 4. The maximum Gasteiger partial charge on any atom is 0.416 e. The van der Waals surface area contributed by atoms with Gasteiger partial charge in [-0.2, -0.15) is 13.2 Å². The maximum absolute atomic E-state index is 13.0. The van der Waals surface area contributed by atoms with Crippen LogP contribution in [0.5, 0.6) is 0 Å². The first-order valence-electron chi connectivity index (χ1n) is 10.2. The molecule has 1 amide bonds. The van der Waals surface area contributed by atoms with Crippen molar-refractivity contribution < 1.29 is 18.0 Å². The summed E-state index contributed by atoms with van der Waals surface area (Å²) in [6, 6.07) is 2.80. The van der Waals surface area contributed by atoms with Gasteiger partial charge in [0.25, 0.3) is 0 Å². The number of carbonyl (C=O) groups is 1. The van der Waals surface area contributed by atoms with E-state index in [1.807, 2.05) is 11.3 Å². The smallest absolute Gasteiger partial charge is 0.324 e. The Kier molecular flexibility index (Phi) is 5.74. The van der Waals surface area contributed by atoms with E-state index in [0.717, 1.165) is 65.1 Å². The molecule has 3 aromatic heterocycles. The van der Waals surface area contributed by atoms with Crippen molar-refractivity contribution in [3.8, 4) is 0 Å². The Morgan fingerprint density at radius 2 is 2.06 bits per heavy atom. The van der Waals surface area contributed by atoms with E-state index in [-0.39, 0.29) is 16.5 Å². The second-order valence-corrected chi connectivity index (χ2v) is 10.2. The molecule has 1 aromatic carbocycles. The third-order valence-corrected chi connectivity index (χ3v) is 7.94. The molecule has 0 saturated carbocycles. The number of hydrogen-bond acceptors (Lipinski definition) is 6. The van der Waals surface area contributed by atoms with E-state index in [2.05, 4.69) is 15.5 Å². The van der Waals surface area contributed by atoms with Gasteiger partial charge in [0.15, 0.2) is 10.8 Å². The summed E-state index contributed by atoms with van der Waals surface area (Å²) in [5.74, 6) is 0.134. The van der Waals surface area contributed by atoms with Crippen molar-refractivity contribution in [2.75, 3.05) is 11.1 Å². The third-order valence-electron chi connectivity index (χ3n) is 5.50. The molecule has 0 aliphatic heterocycles. The van der Waals surface area contributed by atoms with Gasteiger partial charge in [0.05, 0.1) is 27.4 Å². The maximum atomic E-state index is 13.0. The lowest BCUT2D eigenvalue weighted by Gasteiger charge is -2.11. The van der Waals surface area contributed by atoms with Crippen LogP contribution in [-0.4, -0.2) is 31.2 Å². The van der Waals surface area contributed by atoms with Crippen LogP contribution in [0, 0.1) is 6.92 Å². The molecule has 1 aliphatic carbocycles. The Labute approximate surface area is 199 Å². The van der Waals surface area contributed by atoms with Gasteiger partial charge in [0.1, 0.15) is 10.7 Å². The van der Waals surface area contributed by atoms with Gasteiger partial charge in [-0.25, -0.2) is 4.98 Å². The van der Waals surface area contributed by atoms with Crippen LogP contribution >= 0.6 is 34.7 Å². The number of fused-ring (bicyclic) bond motifs is 5. The molecule has 172 valence electrons. The lowest BCUT2D eigenvalue weighted by molar-refractivity contribution is -0.137. The number of thiophene rings is 1. The van der Waals surface area contributed by atoms with Crippen molar-refractivity contribution in [3.63, 3.8) is 0 Å². The Morgan fingerprint density at radius 1 is 1.27 bits per heavy atom. The number of halogens is 4. The van der Waals surface area contributed by atoms with Crippen molar-refractivity contribution in [1.29, 1.82) is 0 Å². The van der Waals surface area contributed by atoms with Gasteiger partial charge >= 0.3 is 6.18 Å². The quantitative estimate of drug-likeness (QED) is 0.344. The summed E-state index contributed by atoms with van der Waals surface area (Å²) in [6.07, 6.45) is -0.183. The van der Waals surface area contributed by atoms with Crippen molar-refractivity contribution >= 4 is 62.2 Å². The molecule has 0 bridgehead atoms. The number of aryl methyl sites for hydroxylation is 3. The fourth-order valence-corrected chi connectivity index (χ4v) is 6.23. The number of carbonyl (C=O) groups excluding carboxylic acids is 1. The fourth-order valence-electron chi connectivity index (χ4n) is 3.99. The van der Waals surface area contributed by atoms with Crippen LogP contribution in [0.2, 0.25) is 5.02 Å². The average Bonchev–Trinajstić information content (AvgIpc) is 3.34. The first kappa shape index (κ1) is 22.4. The van der Waals surface area contributed by atoms with E-state index in [1.54, 1.807) is 11.3 Å². The van der Waals surface area contributed by atoms with Gasteiger partial charge in [0.2, 0.25) is 5.91 Å². The van der Waals surface area contributed by atoms with Crippen LogP contribution in [0.3, 0.4) is 0 Å². The minimum Gasteiger partial charge on any atom is -0.324 e. The number of amides is 1. The number of thioether (sulfide) groups is 1. The Balaban J connectivity index is 1.39. The zero-order chi connectivity index (χ0) is 23.3. The second kappa shape index (κ2) is 8.44. The molecule has 5 rings (SSSR count). The highest BCUT2D eigenvalue weighted by molar-refractivity contribution is 7.99. The molecule has 33 heavy (non-hydrogen) atoms. The van der Waals surface area contributed by atoms with Gasteiger partial charge in [-0.1, -0.05) is 23.4 Å². The zero-order valence-electron chi connectivity index (χ0n) is 17.3. The average molecular weight is 512 g/mol. The molecule has 0 saturated heterocycles. The van der Waals surface area contributed by atoms with Crippen molar-refractivity contribution in [1.82, 2.24) is 19.6 Å². The summed E-state index contributed by atoms with van der Waals surface area (Å²) in [6.45, 7) is 1.86. The SMILES string of the molecule is Cc1nc2sc3c(c2c2nnc(SCC(=O)Nc4cc(C(F)(F)F)ccc4Cl)n12)CCCC3. The van der Waals surface area contributed by atoms with E-state index in [9.17, 15) is 18.0 Å². The Hall–Kier alpha value is -2.37. The first-order chi connectivity index (χ1) is 15.7. The predicted molar refractivity (Wildman–Crippen MR) is 123 cm³/mol. The number of hydrogen-bond donors (Lipinski definition) is 1. The number of benzene rings is 1. The second-order valence-electron chi connectivity index (χ2n) is 7.72. The van der Waals surface area contributed by atoms with Crippen LogP contribution in [0.25, 0.3) is 15.9 Å². The van der Waals surface area contributed by atoms with Gasteiger partial charge in [0, 0.05) is 4.88 Å². The topological polar surface area (TPSA) is 72.2 Å². The van der Waals surface area contributed by atoms with Crippen LogP contribution in [0.1, 0.15) is 34.7 Å². The van der Waals surface area contributed by atoms with E-state index in [1.165, 1.54) is 16.9 Å². The van der Waals surface area contributed by atoms with Crippen molar-refractivity contribution in [3.05, 3.63) is 45.1 Å². The van der Waals surface area contributed by atoms with Crippen LogP contribution < -0.4 is 5.32 Å². The van der Waals surface area contributed by atoms with Crippen LogP contribution in [-0.2, 0) is 23.8 Å². The summed E-state index contributed by atoms with van der Waals surface area (Å²) >= 11 is 8.81. The Morgan fingerprint density at radius 3 is 2.85 bits per heavy atom. The standard InChI is InChI=1S/C21H17ClF3N5OS2/c1-10-26-19-17(12-4-2-3-5-15(12)33-19)18-28-29-20(30(10)18)32-9-16(31)27-14-8-11(21(23,24)25)6-7-13(14)22/h6-8H,2-5,9H2,1H3,(H,27,31). The molecule has 0 spiro atoms. The molecule has 1 aliphatic rings. The summed E-state index contributed by atoms with van der Waals surface area (Å²) < 4.78 is 40.7. The van der Waals surface area contributed by atoms with Gasteiger partial charge in [-0.15, -0.1) is 21.5 Å². The summed E-state index contributed by atoms with van der Waals surface area (Å²) in [4.78, 5) is 19.5. The number of rotatable bonds is 4. The Bertz CT molecular complexity index is 1400. The van der Waals surface area contributed by atoms with Gasteiger partial charge < -0.3 is 5.32 Å². The van der Waals surface area contributed by atoms with Crippen molar-refractivity contribution in [2.45, 2.75) is 43.9 Å². The monoisotopic (exact) mass is 511 g/mol. The van der Waals surface area contributed by atoms with E-state index >= 15 is 0 Å². The molecule has 0 atom stereocenters. The number of alkyl halides is 3. The minimum atomic E-state index is -4.53. The summed E-state index contributed by atoms with van der Waals surface area (Å²) in [5, 5.41) is 12.7. The van der Waals surface area contributed by atoms with E-state index < -0.39 is 17.6 Å². The number of anilines is 1. The summed E-state index contributed by atoms with van der Waals surface area (Å²) in [5.41, 5.74) is 1.04. The molecule has 1 N–H and O–H groups in total. The highest BCUT2D eigenvalue weighted by Gasteiger charge is 2.31. The molecule has 6 nitrogen and oxygen atoms in total. The highest BCUT2D eigenvalue weighted by Crippen LogP contribution is 2.38. The van der Waals surface area contributed by atoms with Crippen LogP contribution in [0.15, 0.2) is 23.4 Å². The molecule has 12 heteroatoms. The number of nitrogens with one attached hydrogen (secondary N) is 1. The molecule has 0 unspecified atom stereocenters.